The molecule has 3 atom stereocenters. The molecule has 0 bridgehead atoms. The monoisotopic (exact) mass is 471 g/mol. The number of hydrogen-bond donors (Lipinski definition) is 1. The first-order valence-electron chi connectivity index (χ1n) is 8.41. The number of ether oxygens (including phenoxy) is 1. The Morgan fingerprint density at radius 1 is 1.19 bits per heavy atom. The minimum atomic E-state index is -3.82. The van der Waals surface area contributed by atoms with E-state index < -0.39 is 32.4 Å². The predicted molar refractivity (Wildman–Crippen MR) is 107 cm³/mol. The maximum absolute atomic E-state index is 13.3. The van der Waals surface area contributed by atoms with Crippen molar-refractivity contribution in [2.45, 2.75) is 23.0 Å². The topological polar surface area (TPSA) is 86.5 Å². The van der Waals surface area contributed by atoms with E-state index in [1.807, 2.05) is 12.1 Å². The molecule has 8 heteroatoms. The quantitative estimate of drug-likeness (QED) is 0.650. The summed E-state index contributed by atoms with van der Waals surface area (Å²) in [6.45, 7) is 1.72. The molecule has 3 rings (SSSR count). The number of hydrogen-bond acceptors (Lipinski definition) is 5. The number of halogens is 2. The largest absolute Gasteiger partial charge is 0.465 e. The summed E-state index contributed by atoms with van der Waals surface area (Å²) in [6, 6.07) is 13.1. The molecule has 0 unspecified atom stereocenters. The average Bonchev–Trinajstić information content (AvgIpc) is 3.34. The minimum absolute atomic E-state index is 0.110. The van der Waals surface area contributed by atoms with Crippen LogP contribution in [0.5, 0.6) is 0 Å². The van der Waals surface area contributed by atoms with Crippen LogP contribution in [0, 0.1) is 5.41 Å². The van der Waals surface area contributed by atoms with Crippen LogP contribution in [0.15, 0.2) is 57.9 Å². The number of carbonyl (C=O) groups excluding carboxylic acids is 1. The van der Waals surface area contributed by atoms with Crippen molar-refractivity contribution in [3.8, 4) is 0 Å². The fourth-order valence-electron chi connectivity index (χ4n) is 3.61. The summed E-state index contributed by atoms with van der Waals surface area (Å²) in [4.78, 5) is 12.9. The van der Waals surface area contributed by atoms with Crippen molar-refractivity contribution in [2.75, 3.05) is 13.2 Å². The van der Waals surface area contributed by atoms with Crippen molar-refractivity contribution < 1.29 is 17.9 Å². The molecule has 1 saturated carbocycles. The molecule has 2 N–H and O–H groups in total. The highest BCUT2D eigenvalue weighted by atomic mass is 79.9. The van der Waals surface area contributed by atoms with Gasteiger partial charge in [0.25, 0.3) is 0 Å². The summed E-state index contributed by atoms with van der Waals surface area (Å²) in [5.74, 6) is -1.15. The fourth-order valence-corrected chi connectivity index (χ4v) is 6.38. The number of benzene rings is 2. The number of sulfone groups is 1. The van der Waals surface area contributed by atoms with Crippen LogP contribution in [0.4, 0.5) is 0 Å². The summed E-state index contributed by atoms with van der Waals surface area (Å²) < 4.78 is 32.7. The molecule has 0 spiro atoms. The van der Waals surface area contributed by atoms with Gasteiger partial charge in [0.15, 0.2) is 9.84 Å². The lowest BCUT2D eigenvalue weighted by atomic mass is 9.99. The van der Waals surface area contributed by atoms with Gasteiger partial charge in [-0.25, -0.2) is 8.42 Å². The second kappa shape index (κ2) is 7.54. The van der Waals surface area contributed by atoms with Gasteiger partial charge in [-0.2, -0.15) is 0 Å². The van der Waals surface area contributed by atoms with Crippen LogP contribution in [0.3, 0.4) is 0 Å². The Morgan fingerprint density at radius 2 is 1.78 bits per heavy atom. The third-order valence-electron chi connectivity index (χ3n) is 4.96. The first-order valence-corrected chi connectivity index (χ1v) is 11.1. The second-order valence-corrected chi connectivity index (χ2v) is 9.84. The molecule has 0 heterocycles. The molecule has 2 aromatic rings. The molecule has 2 aromatic carbocycles. The normalized spacial score (nSPS) is 24.4. The van der Waals surface area contributed by atoms with Crippen LogP contribution in [-0.4, -0.2) is 32.8 Å². The van der Waals surface area contributed by atoms with E-state index in [2.05, 4.69) is 15.9 Å². The highest BCUT2D eigenvalue weighted by Crippen LogP contribution is 2.64. The van der Waals surface area contributed by atoms with E-state index in [-0.39, 0.29) is 18.0 Å². The Balaban J connectivity index is 2.10. The van der Waals surface area contributed by atoms with Crippen LogP contribution in [-0.2, 0) is 19.4 Å². The van der Waals surface area contributed by atoms with Gasteiger partial charge in [0.05, 0.1) is 16.8 Å². The summed E-state index contributed by atoms with van der Waals surface area (Å²) in [7, 11) is -3.82. The Labute approximate surface area is 171 Å². The Kier molecular flexibility index (Phi) is 5.68. The molecule has 0 saturated heterocycles. The molecule has 5 nitrogen and oxygen atoms in total. The molecule has 144 valence electrons. The third-order valence-corrected chi connectivity index (χ3v) is 8.03. The average molecular weight is 473 g/mol. The van der Waals surface area contributed by atoms with E-state index in [4.69, 9.17) is 22.1 Å². The van der Waals surface area contributed by atoms with Crippen LogP contribution < -0.4 is 5.73 Å². The van der Waals surface area contributed by atoms with E-state index in [0.29, 0.717) is 5.02 Å². The van der Waals surface area contributed by atoms with E-state index in [1.54, 1.807) is 19.1 Å². The van der Waals surface area contributed by atoms with Crippen molar-refractivity contribution >= 4 is 43.3 Å². The minimum Gasteiger partial charge on any atom is -0.465 e. The molecule has 0 aliphatic heterocycles. The third kappa shape index (κ3) is 3.42. The zero-order valence-electron chi connectivity index (χ0n) is 14.6. The highest BCUT2D eigenvalue weighted by Gasteiger charge is 2.75. The molecule has 0 radical (unpaired) electrons. The summed E-state index contributed by atoms with van der Waals surface area (Å²) in [5.41, 5.74) is 5.38. The SMILES string of the molecule is CCOC(=O)[C@]1(CN)[C@H](c2ccc(Br)cc2)[C@H]1S(=O)(=O)c1ccc(Cl)cc1. The van der Waals surface area contributed by atoms with E-state index in [1.165, 1.54) is 24.3 Å². The van der Waals surface area contributed by atoms with E-state index in [0.717, 1.165) is 10.0 Å². The van der Waals surface area contributed by atoms with Crippen LogP contribution >= 0.6 is 27.5 Å². The number of carbonyl (C=O) groups is 1. The molecule has 1 aliphatic carbocycles. The van der Waals surface area contributed by atoms with Gasteiger partial charge in [0, 0.05) is 22.0 Å². The number of esters is 1. The maximum Gasteiger partial charge on any atom is 0.315 e. The Bertz CT molecular complexity index is 947. The van der Waals surface area contributed by atoms with Gasteiger partial charge >= 0.3 is 5.97 Å². The lowest BCUT2D eigenvalue weighted by molar-refractivity contribution is -0.149. The predicted octanol–water partition coefficient (Wildman–Crippen LogP) is 3.55. The van der Waals surface area contributed by atoms with Crippen molar-refractivity contribution in [3.05, 3.63) is 63.6 Å². The molecule has 1 aliphatic rings. The van der Waals surface area contributed by atoms with Gasteiger partial charge in [-0.3, -0.25) is 4.79 Å². The summed E-state index contributed by atoms with van der Waals surface area (Å²) in [5, 5.41) is -0.555. The van der Waals surface area contributed by atoms with E-state index in [9.17, 15) is 13.2 Å². The maximum atomic E-state index is 13.3. The molecule has 1 fully saturated rings. The zero-order valence-corrected chi connectivity index (χ0v) is 17.7. The highest BCUT2D eigenvalue weighted by molar-refractivity contribution is 9.10. The zero-order chi connectivity index (χ0) is 19.8. The smallest absolute Gasteiger partial charge is 0.315 e. The molecule has 0 aromatic heterocycles. The van der Waals surface area contributed by atoms with Crippen molar-refractivity contribution in [1.29, 1.82) is 0 Å². The van der Waals surface area contributed by atoms with Crippen molar-refractivity contribution in [1.82, 2.24) is 0 Å². The van der Waals surface area contributed by atoms with Gasteiger partial charge in [0.1, 0.15) is 5.41 Å². The lowest BCUT2D eigenvalue weighted by Gasteiger charge is -2.14. The first-order chi connectivity index (χ1) is 12.8. The molecule has 0 amide bonds. The standard InChI is InChI=1S/C19H19BrClNO4S/c1-2-26-18(23)19(11-22)16(12-3-5-13(20)6-4-12)17(19)27(24,25)15-9-7-14(21)8-10-15/h3-10,16-17H,2,11,22H2,1H3/t16-,17-,19-/m1/s1. The fraction of sp³-hybridized carbons (Fsp3) is 0.316. The molecule has 27 heavy (non-hydrogen) atoms. The van der Waals surface area contributed by atoms with Crippen LogP contribution in [0.25, 0.3) is 0 Å². The van der Waals surface area contributed by atoms with Crippen molar-refractivity contribution in [3.63, 3.8) is 0 Å². The van der Waals surface area contributed by atoms with Crippen LogP contribution in [0.2, 0.25) is 5.02 Å². The Morgan fingerprint density at radius 3 is 2.30 bits per heavy atom. The Hall–Kier alpha value is -1.41. The number of rotatable bonds is 6. The van der Waals surface area contributed by atoms with Crippen LogP contribution in [0.1, 0.15) is 18.4 Å². The van der Waals surface area contributed by atoms with Gasteiger partial charge in [0.2, 0.25) is 0 Å². The molecular formula is C19H19BrClNO4S. The van der Waals surface area contributed by atoms with Gasteiger partial charge < -0.3 is 10.5 Å². The molecular weight excluding hydrogens is 454 g/mol. The lowest BCUT2D eigenvalue weighted by Crippen LogP contribution is -2.33. The van der Waals surface area contributed by atoms with Gasteiger partial charge in [-0.05, 0) is 48.9 Å². The summed E-state index contributed by atoms with van der Waals surface area (Å²) >= 11 is 9.24. The van der Waals surface area contributed by atoms with Crippen molar-refractivity contribution in [2.24, 2.45) is 11.1 Å². The summed E-state index contributed by atoms with van der Waals surface area (Å²) in [6.07, 6.45) is 0. The second-order valence-electron chi connectivity index (χ2n) is 6.41. The number of nitrogens with two attached hydrogens (primary N) is 1. The van der Waals surface area contributed by atoms with Gasteiger partial charge in [-0.15, -0.1) is 0 Å². The van der Waals surface area contributed by atoms with E-state index >= 15 is 0 Å². The van der Waals surface area contributed by atoms with Gasteiger partial charge in [-0.1, -0.05) is 39.7 Å². The first kappa shape index (κ1) is 20.3.